The Balaban J connectivity index is 2.02. The number of fused-ring (bicyclic) bond motifs is 3. The zero-order valence-electron chi connectivity index (χ0n) is 15.4. The van der Waals surface area contributed by atoms with Crippen LogP contribution in [0.15, 0.2) is 53.6 Å². The van der Waals surface area contributed by atoms with E-state index in [1.807, 2.05) is 30.3 Å². The van der Waals surface area contributed by atoms with Gasteiger partial charge in [0.05, 0.1) is 28.8 Å². The summed E-state index contributed by atoms with van der Waals surface area (Å²) < 4.78 is 8.09. The Labute approximate surface area is 159 Å². The molecule has 0 aliphatic heterocycles. The van der Waals surface area contributed by atoms with Crippen LogP contribution in [0.5, 0.6) is 0 Å². The Morgan fingerprint density at radius 1 is 1.25 bits per heavy atom. The second-order valence-electron chi connectivity index (χ2n) is 6.46. The average molecular weight is 378 g/mol. The molecule has 8 nitrogen and oxygen atoms in total. The molecule has 4 aromatic rings. The number of benzene rings is 1. The maximum absolute atomic E-state index is 12.8. The first-order chi connectivity index (χ1) is 13.5. The molecule has 28 heavy (non-hydrogen) atoms. The number of aliphatic carboxylic acids is 1. The van der Waals surface area contributed by atoms with Gasteiger partial charge in [-0.05, 0) is 18.6 Å². The number of hydrogen-bond donors (Lipinski definition) is 1. The van der Waals surface area contributed by atoms with E-state index in [1.165, 1.54) is 23.9 Å². The highest BCUT2D eigenvalue weighted by Crippen LogP contribution is 2.29. The van der Waals surface area contributed by atoms with Crippen molar-refractivity contribution in [2.75, 3.05) is 7.11 Å². The van der Waals surface area contributed by atoms with E-state index >= 15 is 0 Å². The monoisotopic (exact) mass is 378 g/mol. The van der Waals surface area contributed by atoms with Crippen LogP contribution in [0.4, 0.5) is 0 Å². The summed E-state index contributed by atoms with van der Waals surface area (Å²) in [7, 11) is 1.59. The van der Waals surface area contributed by atoms with Crippen LogP contribution in [0.25, 0.3) is 27.7 Å². The number of methoxy groups -OCH3 is 1. The van der Waals surface area contributed by atoms with E-state index in [2.05, 4.69) is 10.1 Å². The lowest BCUT2D eigenvalue weighted by atomic mass is 10.1. The highest BCUT2D eigenvalue weighted by Gasteiger charge is 2.20. The molecule has 4 rings (SSSR count). The lowest BCUT2D eigenvalue weighted by Crippen LogP contribution is -2.28. The molecule has 3 aromatic heterocycles. The van der Waals surface area contributed by atoms with Crippen molar-refractivity contribution in [2.45, 2.75) is 19.6 Å². The summed E-state index contributed by atoms with van der Waals surface area (Å²) >= 11 is 0. The number of rotatable bonds is 5. The summed E-state index contributed by atoms with van der Waals surface area (Å²) in [6, 6.07) is 10.4. The zero-order valence-corrected chi connectivity index (χ0v) is 15.4. The van der Waals surface area contributed by atoms with Crippen molar-refractivity contribution >= 4 is 22.5 Å². The summed E-state index contributed by atoms with van der Waals surface area (Å²) in [6.45, 7) is 1.75. The van der Waals surface area contributed by atoms with E-state index in [-0.39, 0.29) is 0 Å². The summed E-state index contributed by atoms with van der Waals surface area (Å²) in [5.41, 5.74) is 3.23. The third-order valence-electron chi connectivity index (χ3n) is 4.73. The number of nitrogens with zero attached hydrogens (tertiary/aromatic N) is 4. The van der Waals surface area contributed by atoms with Crippen molar-refractivity contribution < 1.29 is 14.6 Å². The third kappa shape index (κ3) is 2.74. The number of carboxylic acid groups (broad SMARTS) is 1. The van der Waals surface area contributed by atoms with E-state index in [1.54, 1.807) is 17.7 Å². The predicted molar refractivity (Wildman–Crippen MR) is 103 cm³/mol. The molecular weight excluding hydrogens is 360 g/mol. The standard InChI is InChI=1S/C20H18N4O4/c1-12(20(26)27)23-9-8-16-14(19(23)25)10-21-18-17(13-6-4-3-5-7-13)15(11-28-2)22-24(16)18/h3-10,12H,11H2,1-2H3,(H,26,27)/t12-/m1/s1. The van der Waals surface area contributed by atoms with E-state index in [0.717, 1.165) is 11.1 Å². The van der Waals surface area contributed by atoms with Crippen LogP contribution in [0.2, 0.25) is 0 Å². The fraction of sp³-hybridized carbons (Fsp3) is 0.200. The topological polar surface area (TPSA) is 98.7 Å². The molecule has 0 amide bonds. The number of pyridine rings is 1. The van der Waals surface area contributed by atoms with Gasteiger partial charge in [0, 0.05) is 19.5 Å². The molecule has 142 valence electrons. The Morgan fingerprint density at radius 3 is 2.68 bits per heavy atom. The van der Waals surface area contributed by atoms with Crippen LogP contribution >= 0.6 is 0 Å². The minimum absolute atomic E-state index is 0.294. The normalized spacial score (nSPS) is 12.5. The van der Waals surface area contributed by atoms with Gasteiger partial charge in [0.2, 0.25) is 0 Å². The van der Waals surface area contributed by atoms with Gasteiger partial charge >= 0.3 is 5.97 Å². The van der Waals surface area contributed by atoms with Gasteiger partial charge in [-0.2, -0.15) is 5.10 Å². The molecule has 0 aliphatic rings. The Bertz CT molecular complexity index is 1240. The van der Waals surface area contributed by atoms with Gasteiger partial charge in [-0.3, -0.25) is 4.79 Å². The lowest BCUT2D eigenvalue weighted by molar-refractivity contribution is -0.140. The van der Waals surface area contributed by atoms with Crippen molar-refractivity contribution in [2.24, 2.45) is 0 Å². The number of aromatic nitrogens is 4. The molecule has 0 aliphatic carbocycles. The quantitative estimate of drug-likeness (QED) is 0.573. The molecule has 1 N–H and O–H groups in total. The van der Waals surface area contributed by atoms with Crippen LogP contribution in [-0.4, -0.2) is 37.4 Å². The van der Waals surface area contributed by atoms with Gasteiger partial charge in [0.25, 0.3) is 5.56 Å². The highest BCUT2D eigenvalue weighted by atomic mass is 16.5. The number of carbonyl (C=O) groups is 1. The summed E-state index contributed by atoms with van der Waals surface area (Å²) in [6.07, 6.45) is 2.95. The minimum atomic E-state index is -1.08. The van der Waals surface area contributed by atoms with Crippen molar-refractivity contribution in [1.82, 2.24) is 19.2 Å². The van der Waals surface area contributed by atoms with Crippen LogP contribution in [-0.2, 0) is 16.1 Å². The van der Waals surface area contributed by atoms with Crippen molar-refractivity contribution in [3.8, 4) is 11.1 Å². The summed E-state index contributed by atoms with van der Waals surface area (Å²) in [5, 5.41) is 14.1. The first-order valence-electron chi connectivity index (χ1n) is 8.71. The van der Waals surface area contributed by atoms with Crippen LogP contribution < -0.4 is 5.56 Å². The first kappa shape index (κ1) is 17.9. The molecule has 0 unspecified atom stereocenters. The molecular formula is C20H18N4O4. The van der Waals surface area contributed by atoms with Crippen molar-refractivity contribution in [1.29, 1.82) is 0 Å². The summed E-state index contributed by atoms with van der Waals surface area (Å²) in [5.74, 6) is -1.08. The average Bonchev–Trinajstić information content (AvgIpc) is 3.07. The SMILES string of the molecule is COCc1nn2c(ncc3c(=O)n([C@H](C)C(=O)O)ccc32)c1-c1ccccc1. The fourth-order valence-corrected chi connectivity index (χ4v) is 3.29. The van der Waals surface area contributed by atoms with E-state index < -0.39 is 17.6 Å². The third-order valence-corrected chi connectivity index (χ3v) is 4.73. The molecule has 0 spiro atoms. The lowest BCUT2D eigenvalue weighted by Gasteiger charge is -2.11. The van der Waals surface area contributed by atoms with Gasteiger partial charge in [-0.1, -0.05) is 30.3 Å². The molecule has 0 saturated carbocycles. The second kappa shape index (κ2) is 6.90. The van der Waals surface area contributed by atoms with Gasteiger partial charge in [0.15, 0.2) is 5.65 Å². The molecule has 1 aromatic carbocycles. The molecule has 0 radical (unpaired) electrons. The molecule has 0 fully saturated rings. The van der Waals surface area contributed by atoms with Gasteiger partial charge in [0.1, 0.15) is 6.04 Å². The minimum Gasteiger partial charge on any atom is -0.480 e. The van der Waals surface area contributed by atoms with Gasteiger partial charge < -0.3 is 14.4 Å². The van der Waals surface area contributed by atoms with E-state index in [4.69, 9.17) is 4.74 Å². The Kier molecular flexibility index (Phi) is 4.40. The molecule has 3 heterocycles. The number of hydrogen-bond acceptors (Lipinski definition) is 5. The first-order valence-corrected chi connectivity index (χ1v) is 8.71. The van der Waals surface area contributed by atoms with E-state index in [0.29, 0.717) is 28.9 Å². The molecule has 8 heteroatoms. The zero-order chi connectivity index (χ0) is 19.8. The number of carboxylic acids is 1. The van der Waals surface area contributed by atoms with Gasteiger partial charge in [-0.15, -0.1) is 0 Å². The predicted octanol–water partition coefficient (Wildman–Crippen LogP) is 2.50. The van der Waals surface area contributed by atoms with Crippen molar-refractivity contribution in [3.63, 3.8) is 0 Å². The smallest absolute Gasteiger partial charge is 0.326 e. The maximum Gasteiger partial charge on any atom is 0.326 e. The number of ether oxygens (including phenoxy) is 1. The van der Waals surface area contributed by atoms with Gasteiger partial charge in [-0.25, -0.2) is 14.3 Å². The van der Waals surface area contributed by atoms with Crippen LogP contribution in [0.3, 0.4) is 0 Å². The van der Waals surface area contributed by atoms with E-state index in [9.17, 15) is 14.7 Å². The summed E-state index contributed by atoms with van der Waals surface area (Å²) in [4.78, 5) is 28.5. The van der Waals surface area contributed by atoms with Crippen molar-refractivity contribution in [3.05, 3.63) is 64.8 Å². The highest BCUT2D eigenvalue weighted by molar-refractivity contribution is 5.86. The fourth-order valence-electron chi connectivity index (χ4n) is 3.29. The Morgan fingerprint density at radius 2 is 2.00 bits per heavy atom. The molecule has 0 saturated heterocycles. The second-order valence-corrected chi connectivity index (χ2v) is 6.46. The van der Waals surface area contributed by atoms with Crippen LogP contribution in [0, 0.1) is 0 Å². The van der Waals surface area contributed by atoms with Crippen LogP contribution in [0.1, 0.15) is 18.7 Å². The molecule has 0 bridgehead atoms. The Hall–Kier alpha value is -3.52. The maximum atomic E-state index is 12.8. The molecule has 1 atom stereocenters. The largest absolute Gasteiger partial charge is 0.480 e.